The molecule has 1 atom stereocenters. The number of aryl methyl sites for hydroxylation is 1. The quantitative estimate of drug-likeness (QED) is 0.246. The molecule has 2 aromatic rings. The Morgan fingerprint density at radius 3 is 2.90 bits per heavy atom. The molecular formula is C21H33IN6O. The highest BCUT2D eigenvalue weighted by molar-refractivity contribution is 14.0. The first-order valence-electron chi connectivity index (χ1n) is 10.1. The van der Waals surface area contributed by atoms with Crippen molar-refractivity contribution in [1.82, 2.24) is 25.3 Å². The van der Waals surface area contributed by atoms with Crippen LogP contribution >= 0.6 is 24.0 Å². The second-order valence-electron chi connectivity index (χ2n) is 7.21. The number of benzene rings is 1. The van der Waals surface area contributed by atoms with E-state index < -0.39 is 0 Å². The zero-order valence-corrected chi connectivity index (χ0v) is 19.7. The third-order valence-corrected chi connectivity index (χ3v) is 4.82. The summed E-state index contributed by atoms with van der Waals surface area (Å²) in [5.74, 6) is 0.827. The zero-order valence-electron chi connectivity index (χ0n) is 17.4. The van der Waals surface area contributed by atoms with Crippen molar-refractivity contribution in [1.29, 1.82) is 0 Å². The van der Waals surface area contributed by atoms with E-state index in [1.54, 1.807) is 7.05 Å². The van der Waals surface area contributed by atoms with E-state index in [9.17, 15) is 0 Å². The maximum atomic E-state index is 5.63. The summed E-state index contributed by atoms with van der Waals surface area (Å²) in [5, 5.41) is 11.0. The van der Waals surface area contributed by atoms with Crippen LogP contribution in [0.1, 0.15) is 24.5 Å². The van der Waals surface area contributed by atoms with Gasteiger partial charge < -0.3 is 15.4 Å². The lowest BCUT2D eigenvalue weighted by Gasteiger charge is -2.31. The van der Waals surface area contributed by atoms with Crippen LogP contribution in [0.3, 0.4) is 0 Å². The van der Waals surface area contributed by atoms with Gasteiger partial charge in [-0.05, 0) is 30.5 Å². The van der Waals surface area contributed by atoms with Gasteiger partial charge in [-0.1, -0.05) is 24.3 Å². The number of rotatable bonds is 8. The van der Waals surface area contributed by atoms with Crippen LogP contribution in [-0.4, -0.2) is 60.0 Å². The topological polar surface area (TPSA) is 66.7 Å². The van der Waals surface area contributed by atoms with Gasteiger partial charge in [0.15, 0.2) is 5.96 Å². The average molecular weight is 512 g/mol. The Morgan fingerprint density at radius 1 is 1.28 bits per heavy atom. The molecule has 0 spiro atoms. The van der Waals surface area contributed by atoms with Crippen LogP contribution in [0.2, 0.25) is 0 Å². The number of halogens is 1. The SMILES string of the molecule is CN=C(NCCCn1cccn1)NCc1cccc(CN2CCOC(C)C2)c1.I. The predicted octanol–water partition coefficient (Wildman–Crippen LogP) is 2.48. The normalized spacial score (nSPS) is 17.6. The third kappa shape index (κ3) is 8.31. The van der Waals surface area contributed by atoms with Crippen molar-refractivity contribution in [2.75, 3.05) is 33.3 Å². The molecule has 2 N–H and O–H groups in total. The summed E-state index contributed by atoms with van der Waals surface area (Å²) in [4.78, 5) is 6.77. The molecule has 3 rings (SSSR count). The second-order valence-corrected chi connectivity index (χ2v) is 7.21. The van der Waals surface area contributed by atoms with Gasteiger partial charge in [0, 0.05) is 58.7 Å². The molecule has 29 heavy (non-hydrogen) atoms. The van der Waals surface area contributed by atoms with Crippen molar-refractivity contribution < 1.29 is 4.74 Å². The molecule has 160 valence electrons. The summed E-state index contributed by atoms with van der Waals surface area (Å²) >= 11 is 0. The third-order valence-electron chi connectivity index (χ3n) is 4.82. The number of nitrogens with zero attached hydrogens (tertiary/aromatic N) is 4. The Hall–Kier alpha value is -1.65. The number of nitrogens with one attached hydrogen (secondary N) is 2. The van der Waals surface area contributed by atoms with Gasteiger partial charge in [0.25, 0.3) is 0 Å². The minimum Gasteiger partial charge on any atom is -0.376 e. The summed E-state index contributed by atoms with van der Waals surface area (Å²) in [5.41, 5.74) is 2.61. The van der Waals surface area contributed by atoms with Crippen LogP contribution < -0.4 is 10.6 Å². The molecule has 0 aliphatic carbocycles. The first-order valence-corrected chi connectivity index (χ1v) is 10.1. The van der Waals surface area contributed by atoms with Gasteiger partial charge in [-0.15, -0.1) is 24.0 Å². The van der Waals surface area contributed by atoms with Gasteiger partial charge in [0.05, 0.1) is 12.7 Å². The molecule has 1 aromatic carbocycles. The molecule has 1 unspecified atom stereocenters. The molecule has 1 aliphatic heterocycles. The van der Waals surface area contributed by atoms with E-state index in [4.69, 9.17) is 4.74 Å². The molecule has 1 aromatic heterocycles. The molecular weight excluding hydrogens is 479 g/mol. The summed E-state index contributed by atoms with van der Waals surface area (Å²) < 4.78 is 7.57. The van der Waals surface area contributed by atoms with Crippen molar-refractivity contribution in [2.45, 2.75) is 39.1 Å². The minimum atomic E-state index is 0. The van der Waals surface area contributed by atoms with E-state index in [0.29, 0.717) is 6.10 Å². The Morgan fingerprint density at radius 2 is 2.14 bits per heavy atom. The molecule has 8 heteroatoms. The lowest BCUT2D eigenvalue weighted by molar-refractivity contribution is -0.0212. The van der Waals surface area contributed by atoms with Gasteiger partial charge in [-0.3, -0.25) is 14.6 Å². The van der Waals surface area contributed by atoms with Crippen molar-refractivity contribution in [3.05, 3.63) is 53.9 Å². The number of morpholine rings is 1. The largest absolute Gasteiger partial charge is 0.376 e. The maximum Gasteiger partial charge on any atom is 0.191 e. The predicted molar refractivity (Wildman–Crippen MR) is 128 cm³/mol. The second kappa shape index (κ2) is 12.8. The number of hydrogen-bond acceptors (Lipinski definition) is 4. The number of guanidine groups is 1. The number of ether oxygens (including phenoxy) is 1. The van der Waals surface area contributed by atoms with Gasteiger partial charge in [-0.2, -0.15) is 5.10 Å². The van der Waals surface area contributed by atoms with Gasteiger partial charge >= 0.3 is 0 Å². The molecule has 0 radical (unpaired) electrons. The lowest BCUT2D eigenvalue weighted by Crippen LogP contribution is -2.40. The Kier molecular flexibility index (Phi) is 10.4. The fourth-order valence-corrected chi connectivity index (χ4v) is 3.42. The van der Waals surface area contributed by atoms with E-state index in [1.165, 1.54) is 11.1 Å². The van der Waals surface area contributed by atoms with E-state index in [2.05, 4.69) is 56.8 Å². The number of hydrogen-bond donors (Lipinski definition) is 2. The average Bonchev–Trinajstić information content (AvgIpc) is 3.21. The summed E-state index contributed by atoms with van der Waals surface area (Å²) in [6.45, 7) is 8.45. The molecule has 1 aliphatic rings. The van der Waals surface area contributed by atoms with E-state index in [-0.39, 0.29) is 24.0 Å². The highest BCUT2D eigenvalue weighted by Gasteiger charge is 2.16. The van der Waals surface area contributed by atoms with Gasteiger partial charge in [-0.25, -0.2) is 0 Å². The molecule has 1 saturated heterocycles. The minimum absolute atomic E-state index is 0. The van der Waals surface area contributed by atoms with Crippen LogP contribution in [0.25, 0.3) is 0 Å². The summed E-state index contributed by atoms with van der Waals surface area (Å²) in [6.07, 6.45) is 5.11. The van der Waals surface area contributed by atoms with E-state index in [1.807, 2.05) is 23.1 Å². The molecule has 7 nitrogen and oxygen atoms in total. The number of aliphatic imine (C=N–C) groups is 1. The Balaban J connectivity index is 0.00000300. The first kappa shape index (κ1) is 23.6. The van der Waals surface area contributed by atoms with Crippen LogP contribution in [0.5, 0.6) is 0 Å². The molecule has 2 heterocycles. The van der Waals surface area contributed by atoms with Crippen molar-refractivity contribution in [3.63, 3.8) is 0 Å². The van der Waals surface area contributed by atoms with Gasteiger partial charge in [0.2, 0.25) is 0 Å². The van der Waals surface area contributed by atoms with Crippen molar-refractivity contribution in [3.8, 4) is 0 Å². The molecule has 1 fully saturated rings. The number of aromatic nitrogens is 2. The van der Waals surface area contributed by atoms with E-state index in [0.717, 1.165) is 58.3 Å². The summed E-state index contributed by atoms with van der Waals surface area (Å²) in [7, 11) is 1.80. The fourth-order valence-electron chi connectivity index (χ4n) is 3.42. The Bertz CT molecular complexity index is 737. The molecule has 0 bridgehead atoms. The Labute approximate surface area is 190 Å². The lowest BCUT2D eigenvalue weighted by atomic mass is 10.1. The fraction of sp³-hybridized carbons (Fsp3) is 0.524. The zero-order chi connectivity index (χ0) is 19.6. The monoisotopic (exact) mass is 512 g/mol. The van der Waals surface area contributed by atoms with Crippen LogP contribution in [0.4, 0.5) is 0 Å². The molecule has 0 amide bonds. The van der Waals surface area contributed by atoms with Crippen LogP contribution in [0, 0.1) is 0 Å². The van der Waals surface area contributed by atoms with Gasteiger partial charge in [0.1, 0.15) is 0 Å². The van der Waals surface area contributed by atoms with E-state index >= 15 is 0 Å². The van der Waals surface area contributed by atoms with Crippen molar-refractivity contribution >= 4 is 29.9 Å². The first-order chi connectivity index (χ1) is 13.7. The van der Waals surface area contributed by atoms with Crippen LogP contribution in [-0.2, 0) is 24.4 Å². The van der Waals surface area contributed by atoms with Crippen molar-refractivity contribution in [2.24, 2.45) is 4.99 Å². The maximum absolute atomic E-state index is 5.63. The highest BCUT2D eigenvalue weighted by atomic mass is 127. The van der Waals surface area contributed by atoms with Crippen LogP contribution in [0.15, 0.2) is 47.7 Å². The highest BCUT2D eigenvalue weighted by Crippen LogP contribution is 2.12. The molecule has 0 saturated carbocycles. The smallest absolute Gasteiger partial charge is 0.191 e. The standard InChI is InChI=1S/C21H32N6O.HI/c1-18-16-26(12-13-28-18)17-20-7-3-6-19(14-20)15-24-21(22-2)23-8-4-10-27-11-5-9-25-27;/h3,5-7,9,11,14,18H,4,8,10,12-13,15-17H2,1-2H3,(H2,22,23,24);1H. The summed E-state index contributed by atoms with van der Waals surface area (Å²) in [6, 6.07) is 10.7.